The van der Waals surface area contributed by atoms with Gasteiger partial charge in [-0.25, -0.2) is 0 Å². The maximum absolute atomic E-state index is 12.2. The summed E-state index contributed by atoms with van der Waals surface area (Å²) in [6, 6.07) is -0.484. The summed E-state index contributed by atoms with van der Waals surface area (Å²) in [6.45, 7) is 5.22. The molecule has 0 fully saturated rings. The smallest absolute Gasteiger partial charge is 0.306 e. The maximum Gasteiger partial charge on any atom is 0.306 e. The predicted molar refractivity (Wildman–Crippen MR) is 75.7 cm³/mol. The maximum atomic E-state index is 12.2. The van der Waals surface area contributed by atoms with E-state index in [1.807, 2.05) is 0 Å². The summed E-state index contributed by atoms with van der Waals surface area (Å²) in [5, 5.41) is 3.80. The summed E-state index contributed by atoms with van der Waals surface area (Å²) in [5.74, 6) is 0.107. The number of nitrogens with one attached hydrogen (secondary N) is 1. The van der Waals surface area contributed by atoms with Gasteiger partial charge in [0.2, 0.25) is 0 Å². The van der Waals surface area contributed by atoms with Gasteiger partial charge in [0, 0.05) is 19.2 Å². The Morgan fingerprint density at radius 2 is 2.10 bits per heavy atom. The molecule has 1 rings (SSSR count). The molecule has 0 spiro atoms. The van der Waals surface area contributed by atoms with Gasteiger partial charge in [-0.3, -0.25) is 4.79 Å². The first-order valence-corrected chi connectivity index (χ1v) is 7.86. The summed E-state index contributed by atoms with van der Waals surface area (Å²) in [5.41, 5.74) is 1.35. The molecule has 9 heteroatoms. The molecular weight excluding hydrogens is 298 g/mol. The van der Waals surface area contributed by atoms with Gasteiger partial charge in [-0.1, -0.05) is 5.16 Å². The monoisotopic (exact) mass is 319 g/mol. The van der Waals surface area contributed by atoms with Crippen LogP contribution in [0.4, 0.5) is 0 Å². The Bertz CT molecular complexity index is 577. The Hall–Kier alpha value is -1.45. The first kappa shape index (κ1) is 17.6. The lowest BCUT2D eigenvalue weighted by Gasteiger charge is -2.20. The van der Waals surface area contributed by atoms with E-state index >= 15 is 0 Å². The van der Waals surface area contributed by atoms with Crippen LogP contribution < -0.4 is 4.72 Å². The molecule has 1 aromatic rings. The number of ether oxygens (including phenoxy) is 1. The second kappa shape index (κ2) is 7.01. The van der Waals surface area contributed by atoms with E-state index in [0.717, 1.165) is 4.31 Å². The first-order valence-electron chi connectivity index (χ1n) is 6.42. The summed E-state index contributed by atoms with van der Waals surface area (Å²) >= 11 is 0. The van der Waals surface area contributed by atoms with Crippen LogP contribution in [-0.2, 0) is 19.7 Å². The summed E-state index contributed by atoms with van der Waals surface area (Å²) in [6.07, 6.45) is -0.00634. The average molecular weight is 319 g/mol. The third-order valence-corrected chi connectivity index (χ3v) is 4.77. The lowest BCUT2D eigenvalue weighted by Crippen LogP contribution is -2.40. The van der Waals surface area contributed by atoms with Crippen LogP contribution in [0, 0.1) is 13.8 Å². The molecule has 0 aliphatic carbocycles. The summed E-state index contributed by atoms with van der Waals surface area (Å²) < 4.78 is 37.4. The molecule has 1 unspecified atom stereocenters. The second-order valence-corrected chi connectivity index (χ2v) is 6.54. The molecule has 1 N–H and O–H groups in total. The average Bonchev–Trinajstić information content (AvgIpc) is 2.74. The molecule has 0 saturated heterocycles. The first-order chi connectivity index (χ1) is 9.69. The van der Waals surface area contributed by atoms with Crippen molar-refractivity contribution >= 4 is 16.2 Å². The van der Waals surface area contributed by atoms with Crippen molar-refractivity contribution in [1.29, 1.82) is 0 Å². The van der Waals surface area contributed by atoms with Gasteiger partial charge in [-0.15, -0.1) is 0 Å². The molecule has 8 nitrogen and oxygen atoms in total. The van der Waals surface area contributed by atoms with E-state index in [4.69, 9.17) is 4.52 Å². The van der Waals surface area contributed by atoms with Crippen LogP contribution in [0.3, 0.4) is 0 Å². The van der Waals surface area contributed by atoms with E-state index in [1.165, 1.54) is 14.2 Å². The van der Waals surface area contributed by atoms with E-state index in [-0.39, 0.29) is 13.0 Å². The van der Waals surface area contributed by atoms with Crippen molar-refractivity contribution in [2.75, 3.05) is 20.7 Å². The van der Waals surface area contributed by atoms with Crippen molar-refractivity contribution in [2.24, 2.45) is 0 Å². The molecule has 0 aliphatic rings. The highest BCUT2D eigenvalue weighted by molar-refractivity contribution is 7.87. The minimum atomic E-state index is -3.72. The van der Waals surface area contributed by atoms with Gasteiger partial charge in [0.15, 0.2) is 0 Å². The van der Waals surface area contributed by atoms with Crippen molar-refractivity contribution in [3.8, 4) is 0 Å². The molecule has 0 amide bonds. The molecule has 0 radical (unpaired) electrons. The fraction of sp³-hybridized carbons (Fsp3) is 0.667. The number of aromatic nitrogens is 1. The molecular formula is C12H21N3O5S. The van der Waals surface area contributed by atoms with Crippen molar-refractivity contribution in [2.45, 2.75) is 33.2 Å². The SMILES string of the molecule is COC(=O)CCN(C)S(=O)(=O)NC(C)c1c(C)noc1C. The van der Waals surface area contributed by atoms with Crippen molar-refractivity contribution in [3.63, 3.8) is 0 Å². The minimum Gasteiger partial charge on any atom is -0.469 e. The van der Waals surface area contributed by atoms with Gasteiger partial charge >= 0.3 is 5.97 Å². The Labute approximate surface area is 124 Å². The fourth-order valence-corrected chi connectivity index (χ4v) is 3.03. The van der Waals surface area contributed by atoms with Gasteiger partial charge in [0.25, 0.3) is 10.2 Å². The number of carbonyl (C=O) groups excluding carboxylic acids is 1. The number of hydrogen-bond donors (Lipinski definition) is 1. The number of esters is 1. The quantitative estimate of drug-likeness (QED) is 0.742. The largest absolute Gasteiger partial charge is 0.469 e. The van der Waals surface area contributed by atoms with Gasteiger partial charge in [0.05, 0.1) is 25.3 Å². The van der Waals surface area contributed by atoms with Crippen LogP contribution in [0.5, 0.6) is 0 Å². The van der Waals surface area contributed by atoms with Gasteiger partial charge in [-0.05, 0) is 20.8 Å². The van der Waals surface area contributed by atoms with Crippen molar-refractivity contribution in [1.82, 2.24) is 14.2 Å². The van der Waals surface area contributed by atoms with Crippen LogP contribution in [-0.4, -0.2) is 44.6 Å². The highest BCUT2D eigenvalue weighted by Crippen LogP contribution is 2.21. The Morgan fingerprint density at radius 1 is 1.48 bits per heavy atom. The second-order valence-electron chi connectivity index (χ2n) is 4.73. The molecule has 1 aromatic heterocycles. The third-order valence-electron chi connectivity index (χ3n) is 3.12. The molecule has 21 heavy (non-hydrogen) atoms. The summed E-state index contributed by atoms with van der Waals surface area (Å²) in [4.78, 5) is 11.1. The van der Waals surface area contributed by atoms with E-state index in [1.54, 1.807) is 20.8 Å². The van der Waals surface area contributed by atoms with E-state index < -0.39 is 22.2 Å². The molecule has 0 aliphatic heterocycles. The zero-order valence-corrected chi connectivity index (χ0v) is 13.7. The predicted octanol–water partition coefficient (Wildman–Crippen LogP) is 0.682. The van der Waals surface area contributed by atoms with E-state index in [0.29, 0.717) is 17.0 Å². The number of hydrogen-bond acceptors (Lipinski definition) is 6. The Kier molecular flexibility index (Phi) is 5.87. The van der Waals surface area contributed by atoms with Crippen LogP contribution in [0.1, 0.15) is 36.4 Å². The third kappa shape index (κ3) is 4.51. The lowest BCUT2D eigenvalue weighted by molar-refractivity contribution is -0.140. The number of carbonyl (C=O) groups is 1. The highest BCUT2D eigenvalue weighted by atomic mass is 32.2. The van der Waals surface area contributed by atoms with Crippen LogP contribution in [0.15, 0.2) is 4.52 Å². The number of rotatable bonds is 7. The van der Waals surface area contributed by atoms with Crippen molar-refractivity contribution < 1.29 is 22.5 Å². The zero-order valence-electron chi connectivity index (χ0n) is 12.8. The van der Waals surface area contributed by atoms with E-state index in [9.17, 15) is 13.2 Å². The van der Waals surface area contributed by atoms with Crippen LogP contribution in [0.25, 0.3) is 0 Å². The number of methoxy groups -OCH3 is 1. The Morgan fingerprint density at radius 3 is 2.57 bits per heavy atom. The zero-order chi connectivity index (χ0) is 16.2. The number of nitrogens with zero attached hydrogens (tertiary/aromatic N) is 2. The molecule has 120 valence electrons. The lowest BCUT2D eigenvalue weighted by atomic mass is 10.1. The van der Waals surface area contributed by atoms with Gasteiger partial charge in [-0.2, -0.15) is 17.4 Å². The van der Waals surface area contributed by atoms with Gasteiger partial charge in [0.1, 0.15) is 5.76 Å². The highest BCUT2D eigenvalue weighted by Gasteiger charge is 2.25. The van der Waals surface area contributed by atoms with Crippen molar-refractivity contribution in [3.05, 3.63) is 17.0 Å². The van der Waals surface area contributed by atoms with Gasteiger partial charge < -0.3 is 9.26 Å². The molecule has 0 aromatic carbocycles. The van der Waals surface area contributed by atoms with E-state index in [2.05, 4.69) is 14.6 Å². The normalized spacial score (nSPS) is 13.4. The molecule has 0 bridgehead atoms. The fourth-order valence-electron chi connectivity index (χ4n) is 1.95. The topological polar surface area (TPSA) is 102 Å². The molecule has 1 heterocycles. The molecule has 1 atom stereocenters. The minimum absolute atomic E-state index is 0.00634. The molecule has 0 saturated carbocycles. The standard InChI is InChI=1S/C12H21N3O5S/c1-8-12(10(3)20-13-8)9(2)14-21(17,18)15(4)7-6-11(16)19-5/h9,14H,6-7H2,1-5H3. The Balaban J connectivity index is 2.73. The summed E-state index contributed by atoms with van der Waals surface area (Å²) in [7, 11) is -1.06. The van der Waals surface area contributed by atoms with Crippen LogP contribution >= 0.6 is 0 Å². The van der Waals surface area contributed by atoms with Crippen LogP contribution in [0.2, 0.25) is 0 Å². The number of aryl methyl sites for hydroxylation is 2.